The molecule has 4 heteroatoms. The van der Waals surface area contributed by atoms with Crippen molar-refractivity contribution in [2.45, 2.75) is 110 Å². The minimum absolute atomic E-state index is 0.0590. The largest absolute Gasteiger partial charge is 0.481 e. The molecule has 140 valence electrons. The third kappa shape index (κ3) is 29.9. The molecule has 0 aliphatic heterocycles. The monoisotopic (exact) mass is 332 g/mol. The molecule has 0 unspecified atom stereocenters. The zero-order valence-electron chi connectivity index (χ0n) is 15.6. The summed E-state index contributed by atoms with van der Waals surface area (Å²) in [5.41, 5.74) is -0.700. The van der Waals surface area contributed by atoms with Crippen molar-refractivity contribution in [3.8, 4) is 0 Å². The average molecular weight is 333 g/mol. The first-order chi connectivity index (χ1) is 10.8. The number of carboxylic acid groups (broad SMARTS) is 1. The van der Waals surface area contributed by atoms with Crippen LogP contribution in [0.2, 0.25) is 0 Å². The van der Waals surface area contributed by atoms with Crippen LogP contribution in [-0.4, -0.2) is 33.5 Å². The zero-order chi connectivity index (χ0) is 18.0. The van der Waals surface area contributed by atoms with Crippen molar-refractivity contribution < 1.29 is 20.1 Å². The lowest BCUT2D eigenvalue weighted by Crippen LogP contribution is -2.19. The quantitative estimate of drug-likeness (QED) is 0.395. The first kappa shape index (κ1) is 24.6. The van der Waals surface area contributed by atoms with Gasteiger partial charge in [0.25, 0.3) is 0 Å². The minimum atomic E-state index is -0.700. The second-order valence-electron chi connectivity index (χ2n) is 6.97. The molecule has 0 aromatic heterocycles. The van der Waals surface area contributed by atoms with E-state index in [0.717, 1.165) is 12.8 Å². The Morgan fingerprint density at radius 1 is 0.826 bits per heavy atom. The molecule has 0 radical (unpaired) electrons. The van der Waals surface area contributed by atoms with Gasteiger partial charge in [-0.3, -0.25) is 4.79 Å². The van der Waals surface area contributed by atoms with Crippen LogP contribution >= 0.6 is 0 Å². The van der Waals surface area contributed by atoms with Crippen LogP contribution in [0, 0.1) is 0 Å². The van der Waals surface area contributed by atoms with Gasteiger partial charge < -0.3 is 15.3 Å². The third-order valence-corrected chi connectivity index (χ3v) is 3.72. The van der Waals surface area contributed by atoms with Crippen LogP contribution in [0.5, 0.6) is 0 Å². The first-order valence-electron chi connectivity index (χ1n) is 9.38. The molecule has 0 atom stereocenters. The maximum Gasteiger partial charge on any atom is 0.303 e. The van der Waals surface area contributed by atoms with Crippen molar-refractivity contribution >= 4 is 5.97 Å². The van der Waals surface area contributed by atoms with Gasteiger partial charge in [0, 0.05) is 13.0 Å². The number of aliphatic hydroxyl groups is 2. The molecular weight excluding hydrogens is 292 g/mol. The van der Waals surface area contributed by atoms with Gasteiger partial charge in [0.15, 0.2) is 0 Å². The van der Waals surface area contributed by atoms with Crippen molar-refractivity contribution in [3.63, 3.8) is 0 Å². The highest BCUT2D eigenvalue weighted by Crippen LogP contribution is 2.11. The lowest BCUT2D eigenvalue weighted by molar-refractivity contribution is -0.137. The molecule has 0 bridgehead atoms. The molecule has 0 heterocycles. The average Bonchev–Trinajstić information content (AvgIpc) is 2.44. The van der Waals surface area contributed by atoms with Crippen LogP contribution in [0.1, 0.15) is 104 Å². The van der Waals surface area contributed by atoms with Crippen LogP contribution < -0.4 is 0 Å². The number of carboxylic acids is 1. The van der Waals surface area contributed by atoms with Gasteiger partial charge in [-0.25, -0.2) is 0 Å². The van der Waals surface area contributed by atoms with Crippen LogP contribution in [-0.2, 0) is 4.79 Å². The zero-order valence-corrected chi connectivity index (χ0v) is 15.6. The van der Waals surface area contributed by atoms with Gasteiger partial charge in [-0.2, -0.15) is 0 Å². The number of hydrogen-bond acceptors (Lipinski definition) is 3. The molecule has 23 heavy (non-hydrogen) atoms. The molecule has 0 rings (SSSR count). The summed E-state index contributed by atoms with van der Waals surface area (Å²) in [6.07, 6.45) is 14.8. The van der Waals surface area contributed by atoms with Crippen molar-refractivity contribution in [2.24, 2.45) is 0 Å². The molecule has 0 aromatic carbocycles. The second-order valence-corrected chi connectivity index (χ2v) is 6.97. The number of unbranched alkanes of at least 4 members (excludes halogenated alkanes) is 10. The molecule has 4 nitrogen and oxygen atoms in total. The fraction of sp³-hybridized carbons (Fsp3) is 0.947. The lowest BCUT2D eigenvalue weighted by atomic mass is 10.1. The summed E-state index contributed by atoms with van der Waals surface area (Å²) in [5.74, 6) is -0.657. The number of aliphatic hydroxyl groups excluding tert-OH is 1. The highest BCUT2D eigenvalue weighted by Gasteiger charge is 2.09. The molecule has 0 aliphatic rings. The Hall–Kier alpha value is -0.610. The Morgan fingerprint density at radius 3 is 1.48 bits per heavy atom. The number of carbonyl (C=O) groups is 1. The van der Waals surface area contributed by atoms with Crippen LogP contribution in [0.3, 0.4) is 0 Å². The molecular formula is C19H40O4. The van der Waals surface area contributed by atoms with E-state index < -0.39 is 11.6 Å². The number of rotatable bonds is 14. The first-order valence-corrected chi connectivity index (χ1v) is 9.38. The number of aliphatic carboxylic acids is 1. The van der Waals surface area contributed by atoms with Crippen LogP contribution in [0.15, 0.2) is 0 Å². The minimum Gasteiger partial charge on any atom is -0.481 e. The molecule has 0 aliphatic carbocycles. The van der Waals surface area contributed by atoms with Crippen molar-refractivity contribution in [1.82, 2.24) is 0 Å². The van der Waals surface area contributed by atoms with E-state index in [9.17, 15) is 4.79 Å². The predicted molar refractivity (Wildman–Crippen MR) is 96.7 cm³/mol. The van der Waals surface area contributed by atoms with E-state index in [1.807, 2.05) is 0 Å². The molecule has 3 N–H and O–H groups in total. The normalized spacial score (nSPS) is 11.0. The van der Waals surface area contributed by atoms with Gasteiger partial charge >= 0.3 is 5.97 Å². The van der Waals surface area contributed by atoms with Crippen LogP contribution in [0.4, 0.5) is 0 Å². The molecule has 0 spiro atoms. The Labute approximate surface area is 143 Å². The van der Waals surface area contributed by atoms with Gasteiger partial charge in [-0.1, -0.05) is 71.1 Å². The summed E-state index contributed by atoms with van der Waals surface area (Å²) in [7, 11) is 0. The maximum atomic E-state index is 10.3. The van der Waals surface area contributed by atoms with E-state index in [-0.39, 0.29) is 6.61 Å². The SMILES string of the molecule is CC(C)(O)CCO.CCCCCCCCCCCCCC(=O)O. The van der Waals surface area contributed by atoms with E-state index in [4.69, 9.17) is 15.3 Å². The Balaban J connectivity index is 0. The third-order valence-electron chi connectivity index (χ3n) is 3.72. The summed E-state index contributed by atoms with van der Waals surface area (Å²) in [6, 6.07) is 0. The molecule has 0 aromatic rings. The molecule has 0 saturated heterocycles. The van der Waals surface area contributed by atoms with Gasteiger partial charge in [0.1, 0.15) is 0 Å². The summed E-state index contributed by atoms with van der Waals surface area (Å²) >= 11 is 0. The molecule has 0 fully saturated rings. The van der Waals surface area contributed by atoms with Gasteiger partial charge in [-0.05, 0) is 26.7 Å². The smallest absolute Gasteiger partial charge is 0.303 e. The fourth-order valence-corrected chi connectivity index (χ4v) is 2.21. The Morgan fingerprint density at radius 2 is 1.22 bits per heavy atom. The summed E-state index contributed by atoms with van der Waals surface area (Å²) < 4.78 is 0. The van der Waals surface area contributed by atoms with Gasteiger partial charge in [0.2, 0.25) is 0 Å². The Kier molecular flexibility index (Phi) is 19.0. The van der Waals surface area contributed by atoms with E-state index in [1.54, 1.807) is 13.8 Å². The Bertz CT molecular complexity index is 246. The highest BCUT2D eigenvalue weighted by molar-refractivity contribution is 5.66. The topological polar surface area (TPSA) is 77.8 Å². The maximum absolute atomic E-state index is 10.3. The van der Waals surface area contributed by atoms with E-state index in [2.05, 4.69) is 6.92 Å². The van der Waals surface area contributed by atoms with Crippen molar-refractivity contribution in [2.75, 3.05) is 6.61 Å². The van der Waals surface area contributed by atoms with E-state index >= 15 is 0 Å². The van der Waals surface area contributed by atoms with Crippen molar-refractivity contribution in [3.05, 3.63) is 0 Å². The molecule has 0 saturated carbocycles. The molecule has 0 amide bonds. The van der Waals surface area contributed by atoms with Crippen molar-refractivity contribution in [1.29, 1.82) is 0 Å². The second kappa shape index (κ2) is 17.7. The van der Waals surface area contributed by atoms with E-state index in [1.165, 1.54) is 57.8 Å². The predicted octanol–water partition coefficient (Wildman–Crippen LogP) is 4.91. The number of hydrogen-bond donors (Lipinski definition) is 3. The van der Waals surface area contributed by atoms with Crippen LogP contribution in [0.25, 0.3) is 0 Å². The summed E-state index contributed by atoms with van der Waals surface area (Å²) in [5, 5.41) is 25.6. The standard InChI is InChI=1S/C14H28O2.C5H12O2/c1-2-3-4-5-6-7-8-9-10-11-12-13-14(15)16;1-5(2,7)3-4-6/h2-13H2,1H3,(H,15,16);6-7H,3-4H2,1-2H3. The van der Waals surface area contributed by atoms with E-state index in [0.29, 0.717) is 12.8 Å². The lowest BCUT2D eigenvalue weighted by Gasteiger charge is -2.13. The fourth-order valence-electron chi connectivity index (χ4n) is 2.21. The van der Waals surface area contributed by atoms with Gasteiger partial charge in [-0.15, -0.1) is 0 Å². The summed E-state index contributed by atoms with van der Waals surface area (Å²) in [4.78, 5) is 10.3. The summed E-state index contributed by atoms with van der Waals surface area (Å²) in [6.45, 7) is 5.65. The highest BCUT2D eigenvalue weighted by atomic mass is 16.4. The van der Waals surface area contributed by atoms with Gasteiger partial charge in [0.05, 0.1) is 5.60 Å².